The molecule has 6 heteroatoms. The third-order valence-corrected chi connectivity index (χ3v) is 3.40. The predicted octanol–water partition coefficient (Wildman–Crippen LogP) is 1.93. The molecular formula is C14H23N3O3. The molecule has 20 heavy (non-hydrogen) atoms. The Kier molecular flexibility index (Phi) is 5.55. The Morgan fingerprint density at radius 2 is 2.10 bits per heavy atom. The molecule has 2 N–H and O–H groups in total. The number of rotatable bonds is 6. The van der Waals surface area contributed by atoms with Gasteiger partial charge in [0.25, 0.3) is 0 Å². The minimum Gasteiger partial charge on any atom is -0.474 e. The lowest BCUT2D eigenvalue weighted by atomic mass is 9.95. The third-order valence-electron chi connectivity index (χ3n) is 3.40. The van der Waals surface area contributed by atoms with E-state index in [4.69, 9.17) is 19.9 Å². The van der Waals surface area contributed by atoms with Gasteiger partial charge >= 0.3 is 0 Å². The largest absolute Gasteiger partial charge is 0.474 e. The van der Waals surface area contributed by atoms with E-state index in [0.29, 0.717) is 30.7 Å². The van der Waals surface area contributed by atoms with Crippen LogP contribution in [0.3, 0.4) is 0 Å². The second-order valence-corrected chi connectivity index (χ2v) is 4.95. The molecule has 0 amide bonds. The van der Waals surface area contributed by atoms with Gasteiger partial charge in [0.1, 0.15) is 18.5 Å². The Morgan fingerprint density at radius 3 is 2.85 bits per heavy atom. The van der Waals surface area contributed by atoms with E-state index in [9.17, 15) is 0 Å². The summed E-state index contributed by atoms with van der Waals surface area (Å²) in [4.78, 5) is 8.47. The standard InChI is InChI=1S/C14H23N3O3/c1-3-19-9-13-16-12(15)8-14(17-13)20-11-6-4-5-10(7-11)18-2/h8,10-11H,3-7,9H2,1-2H3,(H2,15,16,17). The molecule has 2 atom stereocenters. The molecule has 1 aliphatic carbocycles. The van der Waals surface area contributed by atoms with Crippen molar-refractivity contribution in [3.05, 3.63) is 11.9 Å². The van der Waals surface area contributed by atoms with Crippen molar-refractivity contribution >= 4 is 5.82 Å². The van der Waals surface area contributed by atoms with Crippen LogP contribution in [-0.4, -0.2) is 35.9 Å². The number of methoxy groups -OCH3 is 1. The number of aromatic nitrogens is 2. The van der Waals surface area contributed by atoms with Crippen LogP contribution in [0.25, 0.3) is 0 Å². The molecule has 0 radical (unpaired) electrons. The van der Waals surface area contributed by atoms with Crippen LogP contribution in [0.2, 0.25) is 0 Å². The van der Waals surface area contributed by atoms with Crippen molar-refractivity contribution < 1.29 is 14.2 Å². The van der Waals surface area contributed by atoms with Crippen LogP contribution in [-0.2, 0) is 16.1 Å². The highest BCUT2D eigenvalue weighted by atomic mass is 16.5. The van der Waals surface area contributed by atoms with Crippen LogP contribution in [0.15, 0.2) is 6.07 Å². The molecule has 0 saturated heterocycles. The van der Waals surface area contributed by atoms with Gasteiger partial charge < -0.3 is 19.9 Å². The second kappa shape index (κ2) is 7.40. The zero-order valence-electron chi connectivity index (χ0n) is 12.2. The molecule has 2 unspecified atom stereocenters. The highest BCUT2D eigenvalue weighted by Crippen LogP contribution is 2.25. The summed E-state index contributed by atoms with van der Waals surface area (Å²) in [7, 11) is 1.75. The highest BCUT2D eigenvalue weighted by molar-refractivity contribution is 5.32. The number of nitrogen functional groups attached to an aromatic ring is 1. The number of ether oxygens (including phenoxy) is 3. The van der Waals surface area contributed by atoms with Crippen LogP contribution >= 0.6 is 0 Å². The van der Waals surface area contributed by atoms with E-state index >= 15 is 0 Å². The van der Waals surface area contributed by atoms with Gasteiger partial charge in [0.2, 0.25) is 5.88 Å². The van der Waals surface area contributed by atoms with Crippen molar-refractivity contribution in [1.82, 2.24) is 9.97 Å². The summed E-state index contributed by atoms with van der Waals surface area (Å²) in [5.74, 6) is 1.48. The van der Waals surface area contributed by atoms with Crippen molar-refractivity contribution in [1.29, 1.82) is 0 Å². The van der Waals surface area contributed by atoms with E-state index in [1.807, 2.05) is 6.92 Å². The lowest BCUT2D eigenvalue weighted by Crippen LogP contribution is -2.29. The second-order valence-electron chi connectivity index (χ2n) is 4.95. The minimum absolute atomic E-state index is 0.128. The van der Waals surface area contributed by atoms with Gasteiger partial charge in [0.05, 0.1) is 6.10 Å². The first-order valence-corrected chi connectivity index (χ1v) is 7.12. The molecule has 0 aromatic carbocycles. The van der Waals surface area contributed by atoms with Crippen molar-refractivity contribution in [3.63, 3.8) is 0 Å². The smallest absolute Gasteiger partial charge is 0.219 e. The summed E-state index contributed by atoms with van der Waals surface area (Å²) in [5.41, 5.74) is 5.78. The summed E-state index contributed by atoms with van der Waals surface area (Å²) in [6.45, 7) is 2.90. The van der Waals surface area contributed by atoms with Gasteiger partial charge in [-0.3, -0.25) is 0 Å². The monoisotopic (exact) mass is 281 g/mol. The Labute approximate surface area is 119 Å². The molecule has 1 aliphatic rings. The maximum atomic E-state index is 5.92. The first-order chi connectivity index (χ1) is 9.71. The lowest BCUT2D eigenvalue weighted by molar-refractivity contribution is 0.0192. The molecule has 112 valence electrons. The predicted molar refractivity (Wildman–Crippen MR) is 75.5 cm³/mol. The molecule has 1 saturated carbocycles. The van der Waals surface area contributed by atoms with Crippen LogP contribution in [0.1, 0.15) is 38.4 Å². The Hall–Kier alpha value is -1.40. The third kappa shape index (κ3) is 4.31. The van der Waals surface area contributed by atoms with Crippen molar-refractivity contribution in [2.24, 2.45) is 0 Å². The number of hydrogen-bond donors (Lipinski definition) is 1. The number of anilines is 1. The fourth-order valence-electron chi connectivity index (χ4n) is 2.40. The Bertz CT molecular complexity index is 428. The zero-order valence-corrected chi connectivity index (χ0v) is 12.2. The minimum atomic E-state index is 0.128. The van der Waals surface area contributed by atoms with E-state index in [1.54, 1.807) is 13.2 Å². The van der Waals surface area contributed by atoms with Gasteiger partial charge in [-0.2, -0.15) is 4.98 Å². The Morgan fingerprint density at radius 1 is 1.30 bits per heavy atom. The van der Waals surface area contributed by atoms with E-state index in [2.05, 4.69) is 9.97 Å². The first kappa shape index (κ1) is 15.0. The molecule has 0 spiro atoms. The Balaban J connectivity index is 1.99. The normalized spacial score (nSPS) is 22.7. The van der Waals surface area contributed by atoms with Crippen molar-refractivity contribution in [2.45, 2.75) is 51.4 Å². The number of hydrogen-bond acceptors (Lipinski definition) is 6. The summed E-state index contributed by atoms with van der Waals surface area (Å²) in [6.07, 6.45) is 4.51. The fraction of sp³-hybridized carbons (Fsp3) is 0.714. The van der Waals surface area contributed by atoms with Gasteiger partial charge in [-0.25, -0.2) is 4.98 Å². The lowest BCUT2D eigenvalue weighted by Gasteiger charge is -2.28. The first-order valence-electron chi connectivity index (χ1n) is 7.12. The summed E-state index contributed by atoms with van der Waals surface area (Å²) in [5, 5.41) is 0. The average molecular weight is 281 g/mol. The van der Waals surface area contributed by atoms with Gasteiger partial charge in [-0.1, -0.05) is 0 Å². The van der Waals surface area contributed by atoms with E-state index < -0.39 is 0 Å². The molecule has 0 bridgehead atoms. The molecule has 1 fully saturated rings. The summed E-state index contributed by atoms with van der Waals surface area (Å²) >= 11 is 0. The summed E-state index contributed by atoms with van der Waals surface area (Å²) < 4.78 is 16.6. The molecule has 6 nitrogen and oxygen atoms in total. The van der Waals surface area contributed by atoms with Crippen LogP contribution in [0.4, 0.5) is 5.82 Å². The molecule has 0 aliphatic heterocycles. The fourth-order valence-corrected chi connectivity index (χ4v) is 2.40. The quantitative estimate of drug-likeness (QED) is 0.858. The van der Waals surface area contributed by atoms with E-state index in [0.717, 1.165) is 25.7 Å². The highest BCUT2D eigenvalue weighted by Gasteiger charge is 2.23. The van der Waals surface area contributed by atoms with Crippen LogP contribution in [0, 0.1) is 0 Å². The van der Waals surface area contributed by atoms with E-state index in [1.165, 1.54) is 0 Å². The molecular weight excluding hydrogens is 258 g/mol. The maximum Gasteiger partial charge on any atom is 0.219 e. The maximum absolute atomic E-state index is 5.92. The van der Waals surface area contributed by atoms with Crippen molar-refractivity contribution in [3.8, 4) is 5.88 Å². The average Bonchev–Trinajstić information content (AvgIpc) is 2.44. The molecule has 1 aromatic heterocycles. The van der Waals surface area contributed by atoms with Gasteiger partial charge in [0, 0.05) is 26.2 Å². The number of nitrogens with two attached hydrogens (primary N) is 1. The SMILES string of the molecule is CCOCc1nc(N)cc(OC2CCCC(OC)C2)n1. The molecule has 1 aromatic rings. The van der Waals surface area contributed by atoms with E-state index in [-0.39, 0.29) is 12.2 Å². The number of nitrogens with zero attached hydrogens (tertiary/aromatic N) is 2. The topological polar surface area (TPSA) is 79.5 Å². The van der Waals surface area contributed by atoms with Gasteiger partial charge in [-0.05, 0) is 26.2 Å². The van der Waals surface area contributed by atoms with Gasteiger partial charge in [-0.15, -0.1) is 0 Å². The van der Waals surface area contributed by atoms with Crippen LogP contribution < -0.4 is 10.5 Å². The van der Waals surface area contributed by atoms with Crippen LogP contribution in [0.5, 0.6) is 5.88 Å². The van der Waals surface area contributed by atoms with Gasteiger partial charge in [0.15, 0.2) is 5.82 Å². The molecule has 1 heterocycles. The van der Waals surface area contributed by atoms with Crippen molar-refractivity contribution in [2.75, 3.05) is 19.5 Å². The zero-order chi connectivity index (χ0) is 14.4. The summed E-state index contributed by atoms with van der Waals surface area (Å²) in [6, 6.07) is 1.66. The molecule has 2 rings (SSSR count).